The fourth-order valence-corrected chi connectivity index (χ4v) is 2.33. The van der Waals surface area contributed by atoms with E-state index in [1.807, 2.05) is 27.7 Å². The van der Waals surface area contributed by atoms with Crippen molar-refractivity contribution >= 4 is 17.7 Å². The number of hydrogen-bond donors (Lipinski definition) is 0. The van der Waals surface area contributed by atoms with Gasteiger partial charge in [-0.2, -0.15) is 0 Å². The predicted molar refractivity (Wildman–Crippen MR) is 78.5 cm³/mol. The third-order valence-corrected chi connectivity index (χ3v) is 3.27. The van der Waals surface area contributed by atoms with Crippen LogP contribution in [0.3, 0.4) is 0 Å². The van der Waals surface area contributed by atoms with Crippen LogP contribution in [0.2, 0.25) is 5.15 Å². The number of carbonyl (C=O) groups is 1. The maximum absolute atomic E-state index is 12.1. The van der Waals surface area contributed by atoms with Gasteiger partial charge in [-0.25, -0.2) is 14.8 Å². The van der Waals surface area contributed by atoms with Crippen molar-refractivity contribution in [2.45, 2.75) is 51.9 Å². The molecule has 1 saturated heterocycles. The van der Waals surface area contributed by atoms with Gasteiger partial charge in [0, 0.05) is 18.5 Å². The molecule has 0 aliphatic carbocycles. The number of halogens is 1. The molecule has 2 rings (SSSR count). The van der Waals surface area contributed by atoms with E-state index in [-0.39, 0.29) is 18.2 Å². The summed E-state index contributed by atoms with van der Waals surface area (Å²) in [5.41, 5.74) is -0.504. The van der Waals surface area contributed by atoms with Crippen LogP contribution < -0.4 is 4.74 Å². The standard InChI is InChI=1S/C14H20ClN3O3/c1-9-5-10(20-12-6-11(15)16-8-17-12)7-18(9)13(19)21-14(2,3)4/h6,8-10H,5,7H2,1-4H3. The summed E-state index contributed by atoms with van der Waals surface area (Å²) in [7, 11) is 0. The van der Waals surface area contributed by atoms with Gasteiger partial charge >= 0.3 is 6.09 Å². The minimum absolute atomic E-state index is 0.0576. The Morgan fingerprint density at radius 3 is 2.76 bits per heavy atom. The molecule has 7 heteroatoms. The summed E-state index contributed by atoms with van der Waals surface area (Å²) < 4.78 is 11.1. The lowest BCUT2D eigenvalue weighted by molar-refractivity contribution is 0.0223. The van der Waals surface area contributed by atoms with Crippen molar-refractivity contribution in [1.82, 2.24) is 14.9 Å². The van der Waals surface area contributed by atoms with Crippen molar-refractivity contribution in [3.8, 4) is 5.88 Å². The van der Waals surface area contributed by atoms with Crippen LogP contribution in [0.1, 0.15) is 34.1 Å². The van der Waals surface area contributed by atoms with Crippen molar-refractivity contribution in [1.29, 1.82) is 0 Å². The first-order chi connectivity index (χ1) is 9.74. The number of rotatable bonds is 2. The molecule has 1 aliphatic heterocycles. The van der Waals surface area contributed by atoms with Crippen LogP contribution in [0.4, 0.5) is 4.79 Å². The van der Waals surface area contributed by atoms with E-state index in [1.165, 1.54) is 6.33 Å². The molecule has 0 spiro atoms. The molecule has 21 heavy (non-hydrogen) atoms. The zero-order valence-electron chi connectivity index (χ0n) is 12.7. The first kappa shape index (κ1) is 15.8. The monoisotopic (exact) mass is 313 g/mol. The number of aromatic nitrogens is 2. The Kier molecular flexibility index (Phi) is 4.56. The molecular formula is C14H20ClN3O3. The Labute approximate surface area is 129 Å². The largest absolute Gasteiger partial charge is 0.472 e. The highest BCUT2D eigenvalue weighted by Gasteiger charge is 2.36. The van der Waals surface area contributed by atoms with Gasteiger partial charge in [-0.15, -0.1) is 0 Å². The molecular weight excluding hydrogens is 294 g/mol. The molecule has 2 unspecified atom stereocenters. The van der Waals surface area contributed by atoms with Crippen LogP contribution >= 0.6 is 11.6 Å². The van der Waals surface area contributed by atoms with E-state index in [1.54, 1.807) is 11.0 Å². The predicted octanol–water partition coefficient (Wildman–Crippen LogP) is 2.91. The van der Waals surface area contributed by atoms with Gasteiger partial charge in [0.05, 0.1) is 6.54 Å². The molecule has 116 valence electrons. The van der Waals surface area contributed by atoms with Gasteiger partial charge in [-0.3, -0.25) is 0 Å². The second-order valence-corrected chi connectivity index (χ2v) is 6.52. The van der Waals surface area contributed by atoms with Crippen LogP contribution in [0.15, 0.2) is 12.4 Å². The average Bonchev–Trinajstić information content (AvgIpc) is 2.68. The van der Waals surface area contributed by atoms with E-state index >= 15 is 0 Å². The van der Waals surface area contributed by atoms with Gasteiger partial charge in [0.2, 0.25) is 5.88 Å². The van der Waals surface area contributed by atoms with Crippen LogP contribution in [0.5, 0.6) is 5.88 Å². The van der Waals surface area contributed by atoms with Crippen molar-refractivity contribution < 1.29 is 14.3 Å². The Balaban J connectivity index is 1.96. The molecule has 0 radical (unpaired) electrons. The maximum atomic E-state index is 12.1. The molecule has 1 aromatic heterocycles. The minimum atomic E-state index is -0.504. The first-order valence-corrected chi connectivity index (χ1v) is 7.26. The third kappa shape index (κ3) is 4.46. The molecule has 1 fully saturated rings. The smallest absolute Gasteiger partial charge is 0.410 e. The minimum Gasteiger partial charge on any atom is -0.472 e. The number of amides is 1. The zero-order valence-corrected chi connectivity index (χ0v) is 13.4. The molecule has 1 amide bonds. The second kappa shape index (κ2) is 6.05. The second-order valence-electron chi connectivity index (χ2n) is 6.14. The fraction of sp³-hybridized carbons (Fsp3) is 0.643. The lowest BCUT2D eigenvalue weighted by atomic mass is 10.2. The Hall–Kier alpha value is -1.56. The molecule has 1 aromatic rings. The van der Waals surface area contributed by atoms with Crippen LogP contribution in [-0.4, -0.2) is 45.3 Å². The topological polar surface area (TPSA) is 64.6 Å². The first-order valence-electron chi connectivity index (χ1n) is 6.88. The maximum Gasteiger partial charge on any atom is 0.410 e. The van der Waals surface area contributed by atoms with Crippen molar-refractivity contribution in [2.24, 2.45) is 0 Å². The van der Waals surface area contributed by atoms with Crippen LogP contribution in [-0.2, 0) is 4.74 Å². The van der Waals surface area contributed by atoms with Gasteiger partial charge in [-0.1, -0.05) is 11.6 Å². The SMILES string of the molecule is CC1CC(Oc2cc(Cl)ncn2)CN1C(=O)OC(C)(C)C. The molecule has 0 N–H and O–H groups in total. The Bertz CT molecular complexity index is 518. The van der Waals surface area contributed by atoms with Crippen LogP contribution in [0, 0.1) is 0 Å². The highest BCUT2D eigenvalue weighted by molar-refractivity contribution is 6.29. The summed E-state index contributed by atoms with van der Waals surface area (Å²) in [5.74, 6) is 0.415. The average molecular weight is 314 g/mol. The van der Waals surface area contributed by atoms with Gasteiger partial charge in [0.1, 0.15) is 23.2 Å². The van der Waals surface area contributed by atoms with Gasteiger partial charge in [0.15, 0.2) is 0 Å². The Morgan fingerprint density at radius 2 is 2.14 bits per heavy atom. The van der Waals surface area contributed by atoms with Crippen molar-refractivity contribution in [2.75, 3.05) is 6.54 Å². The fourth-order valence-electron chi connectivity index (χ4n) is 2.19. The molecule has 6 nitrogen and oxygen atoms in total. The molecule has 2 heterocycles. The number of likely N-dealkylation sites (tertiary alicyclic amines) is 1. The summed E-state index contributed by atoms with van der Waals surface area (Å²) in [4.78, 5) is 21.6. The lowest BCUT2D eigenvalue weighted by Crippen LogP contribution is -2.39. The van der Waals surface area contributed by atoms with Gasteiger partial charge in [0.25, 0.3) is 0 Å². The molecule has 1 aliphatic rings. The van der Waals surface area contributed by atoms with Crippen molar-refractivity contribution in [3.05, 3.63) is 17.5 Å². The molecule has 0 saturated carbocycles. The lowest BCUT2D eigenvalue weighted by Gasteiger charge is -2.26. The highest BCUT2D eigenvalue weighted by Crippen LogP contribution is 2.24. The van der Waals surface area contributed by atoms with Gasteiger partial charge in [-0.05, 0) is 27.7 Å². The van der Waals surface area contributed by atoms with E-state index in [0.717, 1.165) is 6.42 Å². The summed E-state index contributed by atoms with van der Waals surface area (Å²) >= 11 is 5.80. The molecule has 2 atom stereocenters. The van der Waals surface area contributed by atoms with E-state index in [0.29, 0.717) is 17.6 Å². The Morgan fingerprint density at radius 1 is 1.43 bits per heavy atom. The molecule has 0 aromatic carbocycles. The summed E-state index contributed by atoms with van der Waals surface area (Å²) in [6.07, 6.45) is 1.63. The van der Waals surface area contributed by atoms with E-state index in [2.05, 4.69) is 9.97 Å². The quantitative estimate of drug-likeness (QED) is 0.785. The number of carbonyl (C=O) groups excluding carboxylic acids is 1. The van der Waals surface area contributed by atoms with Crippen molar-refractivity contribution in [3.63, 3.8) is 0 Å². The number of hydrogen-bond acceptors (Lipinski definition) is 5. The van der Waals surface area contributed by atoms with Crippen LogP contribution in [0.25, 0.3) is 0 Å². The molecule has 0 bridgehead atoms. The summed E-state index contributed by atoms with van der Waals surface area (Å²) in [5, 5.41) is 0.329. The summed E-state index contributed by atoms with van der Waals surface area (Å²) in [6.45, 7) is 7.99. The summed E-state index contributed by atoms with van der Waals surface area (Å²) in [6, 6.07) is 1.62. The van der Waals surface area contributed by atoms with E-state index in [9.17, 15) is 4.79 Å². The number of ether oxygens (including phenoxy) is 2. The van der Waals surface area contributed by atoms with Gasteiger partial charge < -0.3 is 14.4 Å². The zero-order chi connectivity index (χ0) is 15.6. The normalized spacial score (nSPS) is 22.2. The highest BCUT2D eigenvalue weighted by atomic mass is 35.5. The number of nitrogens with zero attached hydrogens (tertiary/aromatic N) is 3. The third-order valence-electron chi connectivity index (χ3n) is 3.06. The van der Waals surface area contributed by atoms with E-state index < -0.39 is 5.60 Å². The van der Waals surface area contributed by atoms with E-state index in [4.69, 9.17) is 21.1 Å².